The lowest BCUT2D eigenvalue weighted by Crippen LogP contribution is -2.16. The van der Waals surface area contributed by atoms with Gasteiger partial charge in [0.2, 0.25) is 0 Å². The molecule has 0 saturated heterocycles. The molecule has 1 aliphatic rings. The molecule has 2 aromatic carbocycles. The summed E-state index contributed by atoms with van der Waals surface area (Å²) >= 11 is 12.2. The van der Waals surface area contributed by atoms with Crippen LogP contribution in [-0.4, -0.2) is 19.4 Å². The highest BCUT2D eigenvalue weighted by Gasteiger charge is 2.34. The summed E-state index contributed by atoms with van der Waals surface area (Å²) in [5.41, 5.74) is 2.25. The van der Waals surface area contributed by atoms with Gasteiger partial charge in [-0.05, 0) is 61.3 Å². The summed E-state index contributed by atoms with van der Waals surface area (Å²) in [7, 11) is -2.27. The summed E-state index contributed by atoms with van der Waals surface area (Å²) in [5, 5.41) is 3.50. The van der Waals surface area contributed by atoms with Crippen LogP contribution in [0.15, 0.2) is 53.6 Å². The standard InChI is InChI=1S/C20H17Cl2FN2O2S/c1-24-18-9-7-13-15(18)11-25(20(13)14-4-2-3-5-17(14)23)28(26,27)19-10-12(21)6-8-16(19)22/h2-6,8,10-11,18,24H,7,9H2,1H3. The molecule has 146 valence electrons. The number of aromatic nitrogens is 1. The van der Waals surface area contributed by atoms with Gasteiger partial charge in [-0.3, -0.25) is 0 Å². The largest absolute Gasteiger partial charge is 0.313 e. The predicted molar refractivity (Wildman–Crippen MR) is 109 cm³/mol. The summed E-state index contributed by atoms with van der Waals surface area (Å²) in [5.74, 6) is -0.482. The predicted octanol–water partition coefficient (Wildman–Crippen LogP) is 5.04. The Morgan fingerprint density at radius 1 is 1.18 bits per heavy atom. The third-order valence-corrected chi connectivity index (χ3v) is 7.45. The van der Waals surface area contributed by atoms with Gasteiger partial charge in [0.1, 0.15) is 10.7 Å². The van der Waals surface area contributed by atoms with Crippen molar-refractivity contribution in [3.8, 4) is 11.3 Å². The molecule has 0 radical (unpaired) electrons. The van der Waals surface area contributed by atoms with Crippen molar-refractivity contribution >= 4 is 33.2 Å². The Morgan fingerprint density at radius 3 is 2.64 bits per heavy atom. The Labute approximate surface area is 173 Å². The zero-order valence-electron chi connectivity index (χ0n) is 14.9. The van der Waals surface area contributed by atoms with Crippen LogP contribution in [0.5, 0.6) is 0 Å². The van der Waals surface area contributed by atoms with Crippen molar-refractivity contribution in [1.82, 2.24) is 9.29 Å². The number of nitrogens with one attached hydrogen (secondary N) is 1. The quantitative estimate of drug-likeness (QED) is 0.620. The molecule has 0 saturated carbocycles. The first-order chi connectivity index (χ1) is 13.3. The number of hydrogen-bond acceptors (Lipinski definition) is 3. The molecule has 28 heavy (non-hydrogen) atoms. The molecule has 1 aliphatic carbocycles. The zero-order valence-corrected chi connectivity index (χ0v) is 17.2. The van der Waals surface area contributed by atoms with Crippen LogP contribution in [0.2, 0.25) is 10.0 Å². The van der Waals surface area contributed by atoms with Crippen LogP contribution in [0.25, 0.3) is 11.3 Å². The molecule has 1 atom stereocenters. The highest BCUT2D eigenvalue weighted by Crippen LogP contribution is 2.42. The van der Waals surface area contributed by atoms with Gasteiger partial charge in [-0.2, -0.15) is 0 Å². The second-order valence-electron chi connectivity index (χ2n) is 6.65. The van der Waals surface area contributed by atoms with Crippen LogP contribution in [0.3, 0.4) is 0 Å². The van der Waals surface area contributed by atoms with Crippen LogP contribution in [0, 0.1) is 5.82 Å². The minimum Gasteiger partial charge on any atom is -0.313 e. The van der Waals surface area contributed by atoms with Crippen molar-refractivity contribution in [2.24, 2.45) is 0 Å². The van der Waals surface area contributed by atoms with Crippen molar-refractivity contribution in [2.75, 3.05) is 7.05 Å². The number of hydrogen-bond donors (Lipinski definition) is 1. The van der Waals surface area contributed by atoms with E-state index in [1.807, 2.05) is 7.05 Å². The Hall–Kier alpha value is -1.86. The maximum Gasteiger partial charge on any atom is 0.269 e. The van der Waals surface area contributed by atoms with E-state index < -0.39 is 15.8 Å². The third kappa shape index (κ3) is 3.05. The second kappa shape index (κ2) is 7.19. The van der Waals surface area contributed by atoms with Crippen molar-refractivity contribution in [3.63, 3.8) is 0 Å². The van der Waals surface area contributed by atoms with Gasteiger partial charge in [0.05, 0.1) is 10.7 Å². The van der Waals surface area contributed by atoms with E-state index in [2.05, 4.69) is 5.32 Å². The Balaban J connectivity index is 2.03. The van der Waals surface area contributed by atoms with E-state index in [1.54, 1.807) is 24.4 Å². The first-order valence-electron chi connectivity index (χ1n) is 8.71. The topological polar surface area (TPSA) is 51.1 Å². The molecule has 1 aromatic heterocycles. The van der Waals surface area contributed by atoms with Gasteiger partial charge in [0, 0.05) is 22.8 Å². The summed E-state index contributed by atoms with van der Waals surface area (Å²) in [4.78, 5) is -0.117. The van der Waals surface area contributed by atoms with Crippen molar-refractivity contribution in [3.05, 3.63) is 75.7 Å². The third-order valence-electron chi connectivity index (χ3n) is 5.08. The molecule has 0 spiro atoms. The van der Waals surface area contributed by atoms with Crippen LogP contribution >= 0.6 is 23.2 Å². The lowest BCUT2D eigenvalue weighted by molar-refractivity contribution is 0.578. The van der Waals surface area contributed by atoms with Crippen LogP contribution in [0.4, 0.5) is 4.39 Å². The lowest BCUT2D eigenvalue weighted by Gasteiger charge is -2.14. The molecule has 4 nitrogen and oxygen atoms in total. The van der Waals surface area contributed by atoms with Crippen molar-refractivity contribution < 1.29 is 12.8 Å². The van der Waals surface area contributed by atoms with E-state index in [0.29, 0.717) is 12.1 Å². The molecule has 1 unspecified atom stereocenters. The highest BCUT2D eigenvalue weighted by atomic mass is 35.5. The molecular formula is C20H17Cl2FN2O2S. The summed E-state index contributed by atoms with van der Waals surface area (Å²) < 4.78 is 42.8. The Kier molecular flexibility index (Phi) is 5.00. The smallest absolute Gasteiger partial charge is 0.269 e. The van der Waals surface area contributed by atoms with Crippen molar-refractivity contribution in [2.45, 2.75) is 23.8 Å². The molecule has 3 aromatic rings. The number of halogens is 3. The highest BCUT2D eigenvalue weighted by molar-refractivity contribution is 7.90. The average Bonchev–Trinajstić information content (AvgIpc) is 3.23. The summed E-state index contributed by atoms with van der Waals surface area (Å²) in [6.07, 6.45) is 3.04. The first-order valence-corrected chi connectivity index (χ1v) is 10.9. The van der Waals surface area contributed by atoms with Gasteiger partial charge in [-0.25, -0.2) is 16.8 Å². The fourth-order valence-electron chi connectivity index (χ4n) is 3.75. The van der Waals surface area contributed by atoms with Gasteiger partial charge in [-0.15, -0.1) is 0 Å². The van der Waals surface area contributed by atoms with Gasteiger partial charge in [0.15, 0.2) is 0 Å². The summed E-state index contributed by atoms with van der Waals surface area (Å²) in [6.45, 7) is 0. The average molecular weight is 439 g/mol. The maximum absolute atomic E-state index is 14.6. The maximum atomic E-state index is 14.6. The Morgan fingerprint density at radius 2 is 1.93 bits per heavy atom. The second-order valence-corrected chi connectivity index (χ2v) is 9.27. The lowest BCUT2D eigenvalue weighted by atomic mass is 10.1. The molecule has 1 heterocycles. The van der Waals surface area contributed by atoms with Gasteiger partial charge < -0.3 is 5.32 Å². The molecule has 0 aliphatic heterocycles. The van der Waals surface area contributed by atoms with E-state index >= 15 is 0 Å². The fourth-order valence-corrected chi connectivity index (χ4v) is 5.90. The van der Waals surface area contributed by atoms with E-state index in [1.165, 1.54) is 24.3 Å². The molecule has 8 heteroatoms. The number of nitrogens with zero attached hydrogens (tertiary/aromatic N) is 1. The van der Waals surface area contributed by atoms with Crippen LogP contribution < -0.4 is 5.32 Å². The van der Waals surface area contributed by atoms with E-state index in [0.717, 1.165) is 21.5 Å². The van der Waals surface area contributed by atoms with E-state index in [9.17, 15) is 12.8 Å². The Bertz CT molecular complexity index is 1170. The van der Waals surface area contributed by atoms with E-state index in [-0.39, 0.29) is 26.5 Å². The number of rotatable bonds is 4. The SMILES string of the molecule is CNC1CCc2c1cn(S(=O)(=O)c1cc(Cl)ccc1Cl)c2-c1ccccc1F. The zero-order chi connectivity index (χ0) is 20.1. The number of fused-ring (bicyclic) bond motifs is 1. The fraction of sp³-hybridized carbons (Fsp3) is 0.200. The monoisotopic (exact) mass is 438 g/mol. The number of benzene rings is 2. The molecule has 4 rings (SSSR count). The van der Waals surface area contributed by atoms with Crippen LogP contribution in [-0.2, 0) is 16.4 Å². The molecule has 0 bridgehead atoms. The van der Waals surface area contributed by atoms with Gasteiger partial charge >= 0.3 is 0 Å². The van der Waals surface area contributed by atoms with Gasteiger partial charge in [-0.1, -0.05) is 35.3 Å². The minimum atomic E-state index is -4.09. The summed E-state index contributed by atoms with van der Waals surface area (Å²) in [6, 6.07) is 10.4. The minimum absolute atomic E-state index is 0.00630. The first kappa shape index (κ1) is 19.5. The normalized spacial score (nSPS) is 16.4. The molecule has 0 amide bonds. The van der Waals surface area contributed by atoms with Crippen molar-refractivity contribution in [1.29, 1.82) is 0 Å². The molecule has 1 N–H and O–H groups in total. The molecular weight excluding hydrogens is 422 g/mol. The molecule has 0 fully saturated rings. The van der Waals surface area contributed by atoms with Crippen LogP contribution in [0.1, 0.15) is 23.6 Å². The van der Waals surface area contributed by atoms with E-state index in [4.69, 9.17) is 23.2 Å². The van der Waals surface area contributed by atoms with Gasteiger partial charge in [0.25, 0.3) is 10.0 Å².